The van der Waals surface area contributed by atoms with Crippen molar-refractivity contribution in [2.75, 3.05) is 6.54 Å². The van der Waals surface area contributed by atoms with Crippen molar-refractivity contribution in [2.45, 2.75) is 31.8 Å². The molecule has 12 heavy (non-hydrogen) atoms. The third-order valence-corrected chi connectivity index (χ3v) is 2.34. The van der Waals surface area contributed by atoms with Crippen LogP contribution in [0.25, 0.3) is 0 Å². The van der Waals surface area contributed by atoms with Gasteiger partial charge >= 0.3 is 6.16 Å². The lowest BCUT2D eigenvalue weighted by Crippen LogP contribution is -2.28. The first-order valence-electron chi connectivity index (χ1n) is 4.32. The highest BCUT2D eigenvalue weighted by atomic mass is 16.7. The third-order valence-electron chi connectivity index (χ3n) is 2.34. The van der Waals surface area contributed by atoms with E-state index < -0.39 is 6.16 Å². The number of carboxylic acid groups (broad SMARTS) is 1. The van der Waals surface area contributed by atoms with Crippen molar-refractivity contribution in [3.8, 4) is 0 Å². The first kappa shape index (κ1) is 9.32. The molecular formula is C8H15NO3. The molecule has 70 valence electrons. The Labute approximate surface area is 71.7 Å². The number of hydrogen-bond donors (Lipinski definition) is 2. The molecule has 0 spiro atoms. The van der Waals surface area contributed by atoms with Crippen LogP contribution in [0.15, 0.2) is 0 Å². The van der Waals surface area contributed by atoms with Crippen LogP contribution >= 0.6 is 0 Å². The third kappa shape index (κ3) is 2.70. The summed E-state index contributed by atoms with van der Waals surface area (Å²) in [5.41, 5.74) is 5.49. The van der Waals surface area contributed by atoms with Crippen LogP contribution in [-0.2, 0) is 4.74 Å². The maximum absolute atomic E-state index is 10.2. The van der Waals surface area contributed by atoms with Crippen LogP contribution in [0.4, 0.5) is 4.79 Å². The van der Waals surface area contributed by atoms with Crippen molar-refractivity contribution in [3.05, 3.63) is 0 Å². The first-order chi connectivity index (χ1) is 5.72. The molecule has 1 aliphatic carbocycles. The van der Waals surface area contributed by atoms with E-state index in [1.165, 1.54) is 0 Å². The Morgan fingerprint density at radius 1 is 1.58 bits per heavy atom. The Bertz CT molecular complexity index is 160. The van der Waals surface area contributed by atoms with E-state index in [4.69, 9.17) is 10.8 Å². The van der Waals surface area contributed by atoms with Gasteiger partial charge in [0.1, 0.15) is 6.10 Å². The molecule has 1 fully saturated rings. The fourth-order valence-corrected chi connectivity index (χ4v) is 1.71. The second-order valence-corrected chi connectivity index (χ2v) is 3.27. The molecule has 0 aromatic heterocycles. The number of carbonyl (C=O) groups is 1. The lowest BCUT2D eigenvalue weighted by molar-refractivity contribution is 0.0257. The summed E-state index contributed by atoms with van der Waals surface area (Å²) >= 11 is 0. The summed E-state index contributed by atoms with van der Waals surface area (Å²) in [5, 5.41) is 8.37. The molecular weight excluding hydrogens is 158 g/mol. The van der Waals surface area contributed by atoms with Crippen molar-refractivity contribution in [2.24, 2.45) is 11.7 Å². The standard InChI is InChI=1S/C8H15NO3/c9-5-6-2-1-3-7(4-6)12-8(10)11/h6-7H,1-5,9H2,(H,10,11)/t6-,7+/m1/s1. The fourth-order valence-electron chi connectivity index (χ4n) is 1.71. The van der Waals surface area contributed by atoms with Gasteiger partial charge in [0.2, 0.25) is 0 Å². The van der Waals surface area contributed by atoms with Gasteiger partial charge in [0.05, 0.1) is 0 Å². The molecule has 1 saturated carbocycles. The molecule has 0 aromatic rings. The van der Waals surface area contributed by atoms with Crippen LogP contribution in [0.3, 0.4) is 0 Å². The molecule has 0 heterocycles. The monoisotopic (exact) mass is 173 g/mol. The molecule has 1 rings (SSSR count). The van der Waals surface area contributed by atoms with E-state index in [2.05, 4.69) is 4.74 Å². The number of ether oxygens (including phenoxy) is 1. The highest BCUT2D eigenvalue weighted by molar-refractivity contribution is 5.57. The SMILES string of the molecule is NC[C@@H]1CCC[C@H](OC(=O)O)C1. The van der Waals surface area contributed by atoms with Gasteiger partial charge in [-0.2, -0.15) is 0 Å². The maximum atomic E-state index is 10.2. The average molecular weight is 173 g/mol. The minimum Gasteiger partial charge on any atom is -0.450 e. The topological polar surface area (TPSA) is 72.5 Å². The summed E-state index contributed by atoms with van der Waals surface area (Å²) in [6, 6.07) is 0. The normalized spacial score (nSPS) is 29.8. The van der Waals surface area contributed by atoms with Gasteiger partial charge in [-0.25, -0.2) is 4.79 Å². The zero-order valence-corrected chi connectivity index (χ0v) is 7.03. The van der Waals surface area contributed by atoms with Gasteiger partial charge in [0, 0.05) is 0 Å². The Balaban J connectivity index is 2.30. The second-order valence-electron chi connectivity index (χ2n) is 3.27. The minimum absolute atomic E-state index is 0.121. The van der Waals surface area contributed by atoms with Crippen molar-refractivity contribution >= 4 is 6.16 Å². The summed E-state index contributed by atoms with van der Waals surface area (Å²) in [6.45, 7) is 0.638. The Hall–Kier alpha value is -0.770. The highest BCUT2D eigenvalue weighted by Crippen LogP contribution is 2.25. The lowest BCUT2D eigenvalue weighted by Gasteiger charge is -2.26. The summed E-state index contributed by atoms with van der Waals surface area (Å²) in [5.74, 6) is 0.447. The summed E-state index contributed by atoms with van der Waals surface area (Å²) in [7, 11) is 0. The molecule has 0 unspecified atom stereocenters. The summed E-state index contributed by atoms with van der Waals surface area (Å²) in [6.07, 6.45) is 2.49. The van der Waals surface area contributed by atoms with Crippen LogP contribution < -0.4 is 5.73 Å². The van der Waals surface area contributed by atoms with Gasteiger partial charge in [-0.3, -0.25) is 0 Å². The molecule has 3 N–H and O–H groups in total. The predicted octanol–water partition coefficient (Wildman–Crippen LogP) is 1.20. The van der Waals surface area contributed by atoms with Crippen molar-refractivity contribution in [1.29, 1.82) is 0 Å². The molecule has 0 radical (unpaired) electrons. The van der Waals surface area contributed by atoms with Gasteiger partial charge in [0.25, 0.3) is 0 Å². The van der Waals surface area contributed by atoms with E-state index in [9.17, 15) is 4.79 Å². The van der Waals surface area contributed by atoms with Gasteiger partial charge in [-0.15, -0.1) is 0 Å². The number of rotatable bonds is 2. The van der Waals surface area contributed by atoms with Gasteiger partial charge in [0.15, 0.2) is 0 Å². The zero-order chi connectivity index (χ0) is 8.97. The summed E-state index contributed by atoms with van der Waals surface area (Å²) in [4.78, 5) is 10.2. The minimum atomic E-state index is -1.17. The van der Waals surface area contributed by atoms with E-state index in [1.54, 1.807) is 0 Å². The average Bonchev–Trinajstić information content (AvgIpc) is 2.03. The van der Waals surface area contributed by atoms with Crippen molar-refractivity contribution in [1.82, 2.24) is 0 Å². The van der Waals surface area contributed by atoms with Crippen molar-refractivity contribution in [3.63, 3.8) is 0 Å². The van der Waals surface area contributed by atoms with E-state index >= 15 is 0 Å². The molecule has 0 bridgehead atoms. The van der Waals surface area contributed by atoms with E-state index in [-0.39, 0.29) is 6.10 Å². The largest absolute Gasteiger partial charge is 0.506 e. The zero-order valence-electron chi connectivity index (χ0n) is 7.03. The second kappa shape index (κ2) is 4.30. The Morgan fingerprint density at radius 3 is 2.92 bits per heavy atom. The molecule has 4 heteroatoms. The van der Waals surface area contributed by atoms with Gasteiger partial charge in [-0.1, -0.05) is 0 Å². The number of nitrogens with two attached hydrogens (primary N) is 1. The van der Waals surface area contributed by atoms with Crippen LogP contribution in [0.5, 0.6) is 0 Å². The quantitative estimate of drug-likeness (QED) is 0.615. The van der Waals surface area contributed by atoms with Crippen LogP contribution in [0.1, 0.15) is 25.7 Å². The molecule has 2 atom stereocenters. The summed E-state index contributed by atoms with van der Waals surface area (Å²) < 4.78 is 4.68. The maximum Gasteiger partial charge on any atom is 0.506 e. The Morgan fingerprint density at radius 2 is 2.33 bits per heavy atom. The Kier molecular flexibility index (Phi) is 3.34. The van der Waals surface area contributed by atoms with Crippen LogP contribution in [0.2, 0.25) is 0 Å². The first-order valence-corrected chi connectivity index (χ1v) is 4.32. The van der Waals surface area contributed by atoms with E-state index in [0.29, 0.717) is 12.5 Å². The molecule has 1 aliphatic rings. The lowest BCUT2D eigenvalue weighted by atomic mass is 9.87. The highest BCUT2D eigenvalue weighted by Gasteiger charge is 2.23. The van der Waals surface area contributed by atoms with E-state index in [1.807, 2.05) is 0 Å². The smallest absolute Gasteiger partial charge is 0.450 e. The molecule has 0 aromatic carbocycles. The van der Waals surface area contributed by atoms with Crippen LogP contribution in [-0.4, -0.2) is 23.9 Å². The molecule has 0 amide bonds. The van der Waals surface area contributed by atoms with E-state index in [0.717, 1.165) is 25.7 Å². The predicted molar refractivity (Wildman–Crippen MR) is 43.9 cm³/mol. The fraction of sp³-hybridized carbons (Fsp3) is 0.875. The number of hydrogen-bond acceptors (Lipinski definition) is 3. The van der Waals surface area contributed by atoms with Gasteiger partial charge < -0.3 is 15.6 Å². The van der Waals surface area contributed by atoms with Crippen molar-refractivity contribution < 1.29 is 14.6 Å². The van der Waals surface area contributed by atoms with Crippen LogP contribution in [0, 0.1) is 5.92 Å². The molecule has 0 saturated heterocycles. The molecule has 4 nitrogen and oxygen atoms in total. The van der Waals surface area contributed by atoms with Gasteiger partial charge in [-0.05, 0) is 38.1 Å². The molecule has 0 aliphatic heterocycles.